The summed E-state index contributed by atoms with van der Waals surface area (Å²) in [6.07, 6.45) is 0.177. The lowest BCUT2D eigenvalue weighted by Crippen LogP contribution is -2.59. The van der Waals surface area contributed by atoms with Crippen LogP contribution >= 0.6 is 11.6 Å². The number of furan rings is 1. The number of amides is 1. The average Bonchev–Trinajstić information content (AvgIpc) is 3.19. The van der Waals surface area contributed by atoms with Gasteiger partial charge in [0.15, 0.2) is 17.1 Å². The van der Waals surface area contributed by atoms with E-state index in [4.69, 9.17) is 25.5 Å². The first-order valence-corrected chi connectivity index (χ1v) is 11.3. The predicted molar refractivity (Wildman–Crippen MR) is 124 cm³/mol. The summed E-state index contributed by atoms with van der Waals surface area (Å²) in [5.41, 5.74) is -0.679. The van der Waals surface area contributed by atoms with Crippen LogP contribution in [0, 0.1) is 11.7 Å². The maximum Gasteiger partial charge on any atom is 0.289 e. The third-order valence-corrected chi connectivity index (χ3v) is 6.14. The zero-order valence-corrected chi connectivity index (χ0v) is 19.6. The molecule has 1 saturated heterocycles. The van der Waals surface area contributed by atoms with Gasteiger partial charge in [-0.15, -0.1) is 0 Å². The Morgan fingerprint density at radius 2 is 2.03 bits per heavy atom. The summed E-state index contributed by atoms with van der Waals surface area (Å²) in [5, 5.41) is 12.5. The standard InChI is InChI=1S/C25H27ClFNO5/c1-15(2)13-25(30)8-9-28(14-22(25)32-19-6-4-18(27)5-7-19)24(29)21-11-16-10-17(26)12-20(31-3)23(16)33-21/h4-7,10-12,15,22,30H,8-9,13-14H2,1-3H3/t22-,25+/m0/s1. The van der Waals surface area contributed by atoms with Gasteiger partial charge < -0.3 is 23.9 Å². The second-order valence-electron chi connectivity index (χ2n) is 8.90. The second kappa shape index (κ2) is 9.23. The molecule has 1 aliphatic heterocycles. The molecule has 2 heterocycles. The number of benzene rings is 2. The average molecular weight is 476 g/mol. The molecule has 0 radical (unpaired) electrons. The fraction of sp³-hybridized carbons (Fsp3) is 0.400. The van der Waals surface area contributed by atoms with E-state index in [1.807, 2.05) is 13.8 Å². The number of ether oxygens (including phenoxy) is 2. The van der Waals surface area contributed by atoms with Gasteiger partial charge in [-0.3, -0.25) is 4.79 Å². The van der Waals surface area contributed by atoms with E-state index >= 15 is 0 Å². The van der Waals surface area contributed by atoms with E-state index < -0.39 is 11.7 Å². The third kappa shape index (κ3) is 4.94. The number of carbonyl (C=O) groups is 1. The summed E-state index contributed by atoms with van der Waals surface area (Å²) >= 11 is 6.13. The number of carbonyl (C=O) groups excluding carboxylic acids is 1. The highest BCUT2D eigenvalue weighted by Crippen LogP contribution is 2.35. The van der Waals surface area contributed by atoms with Crippen molar-refractivity contribution >= 4 is 28.5 Å². The Balaban J connectivity index is 1.60. The van der Waals surface area contributed by atoms with Crippen molar-refractivity contribution in [1.82, 2.24) is 4.90 Å². The Kier molecular flexibility index (Phi) is 6.54. The minimum Gasteiger partial charge on any atom is -0.493 e. The van der Waals surface area contributed by atoms with Gasteiger partial charge >= 0.3 is 0 Å². The molecule has 4 rings (SSSR count). The number of fused-ring (bicyclic) bond motifs is 1. The highest BCUT2D eigenvalue weighted by atomic mass is 35.5. The van der Waals surface area contributed by atoms with Crippen LogP contribution in [-0.4, -0.2) is 47.8 Å². The monoisotopic (exact) mass is 475 g/mol. The molecule has 1 amide bonds. The van der Waals surface area contributed by atoms with Crippen LogP contribution in [0.15, 0.2) is 46.9 Å². The lowest BCUT2D eigenvalue weighted by molar-refractivity contribution is -0.111. The lowest BCUT2D eigenvalue weighted by atomic mass is 9.81. The highest BCUT2D eigenvalue weighted by Gasteiger charge is 2.45. The van der Waals surface area contributed by atoms with Crippen LogP contribution in [-0.2, 0) is 0 Å². The van der Waals surface area contributed by atoms with Crippen LogP contribution in [0.2, 0.25) is 5.02 Å². The number of hydrogen-bond acceptors (Lipinski definition) is 5. The zero-order chi connectivity index (χ0) is 23.8. The lowest BCUT2D eigenvalue weighted by Gasteiger charge is -2.44. The van der Waals surface area contributed by atoms with Gasteiger partial charge in [-0.25, -0.2) is 4.39 Å². The first-order chi connectivity index (χ1) is 15.7. The number of aliphatic hydroxyl groups is 1. The molecule has 1 aromatic heterocycles. The molecule has 2 aromatic carbocycles. The minimum absolute atomic E-state index is 0.153. The largest absolute Gasteiger partial charge is 0.493 e. The number of piperidine rings is 1. The van der Waals surface area contributed by atoms with Gasteiger partial charge in [0, 0.05) is 23.0 Å². The molecule has 0 spiro atoms. The molecule has 176 valence electrons. The highest BCUT2D eigenvalue weighted by molar-refractivity contribution is 6.31. The Labute approximate surface area is 196 Å². The Hall–Kier alpha value is -2.77. The van der Waals surface area contributed by atoms with Gasteiger partial charge in [-0.1, -0.05) is 25.4 Å². The van der Waals surface area contributed by atoms with Crippen molar-refractivity contribution in [2.45, 2.75) is 38.4 Å². The van der Waals surface area contributed by atoms with E-state index in [9.17, 15) is 14.3 Å². The van der Waals surface area contributed by atoms with E-state index in [0.29, 0.717) is 46.9 Å². The number of nitrogens with zero attached hydrogens (tertiary/aromatic N) is 1. The number of halogens is 2. The third-order valence-electron chi connectivity index (χ3n) is 5.92. The molecule has 0 aliphatic carbocycles. The minimum atomic E-state index is -1.12. The van der Waals surface area contributed by atoms with Crippen LogP contribution in [0.4, 0.5) is 4.39 Å². The molecule has 6 nitrogen and oxygen atoms in total. The van der Waals surface area contributed by atoms with Crippen molar-refractivity contribution in [3.05, 3.63) is 59.1 Å². The second-order valence-corrected chi connectivity index (χ2v) is 9.34. The SMILES string of the molecule is COc1cc(Cl)cc2cc(C(=O)N3CC[C@@](O)(CC(C)C)[C@@H](Oc4ccc(F)cc4)C3)oc12. The number of rotatable bonds is 6. The van der Waals surface area contributed by atoms with Gasteiger partial charge in [0.25, 0.3) is 5.91 Å². The topological polar surface area (TPSA) is 72.1 Å². The summed E-state index contributed by atoms with van der Waals surface area (Å²) < 4.78 is 30.5. The predicted octanol–water partition coefficient (Wildman–Crippen LogP) is 5.30. The molecule has 8 heteroatoms. The maximum atomic E-state index is 13.3. The van der Waals surface area contributed by atoms with Crippen molar-refractivity contribution in [2.24, 2.45) is 5.92 Å². The summed E-state index contributed by atoms with van der Waals surface area (Å²) in [5.74, 6) is 0.564. The maximum absolute atomic E-state index is 13.3. The fourth-order valence-electron chi connectivity index (χ4n) is 4.40. The normalized spacial score (nSPS) is 20.9. The van der Waals surface area contributed by atoms with Gasteiger partial charge in [0.1, 0.15) is 23.3 Å². The van der Waals surface area contributed by atoms with E-state index in [1.54, 1.807) is 23.1 Å². The van der Waals surface area contributed by atoms with Crippen LogP contribution in [0.1, 0.15) is 37.2 Å². The fourth-order valence-corrected chi connectivity index (χ4v) is 4.62. The van der Waals surface area contributed by atoms with Gasteiger partial charge in [0.05, 0.1) is 13.7 Å². The van der Waals surface area contributed by atoms with Crippen molar-refractivity contribution in [1.29, 1.82) is 0 Å². The summed E-state index contributed by atoms with van der Waals surface area (Å²) in [4.78, 5) is 14.9. The Morgan fingerprint density at radius 3 is 2.70 bits per heavy atom. The van der Waals surface area contributed by atoms with E-state index in [1.165, 1.54) is 31.4 Å². The number of likely N-dealkylation sites (tertiary alicyclic amines) is 1. The van der Waals surface area contributed by atoms with Crippen LogP contribution < -0.4 is 9.47 Å². The van der Waals surface area contributed by atoms with E-state index in [0.717, 1.165) is 0 Å². The Morgan fingerprint density at radius 1 is 1.30 bits per heavy atom. The first kappa shape index (κ1) is 23.4. The molecular formula is C25H27ClFNO5. The number of methoxy groups -OCH3 is 1. The summed E-state index contributed by atoms with van der Waals surface area (Å²) in [7, 11) is 1.51. The molecular weight excluding hydrogens is 449 g/mol. The van der Waals surface area contributed by atoms with Gasteiger partial charge in [-0.05, 0) is 55.2 Å². The van der Waals surface area contributed by atoms with Crippen molar-refractivity contribution in [2.75, 3.05) is 20.2 Å². The quantitative estimate of drug-likeness (QED) is 0.523. The Bertz CT molecular complexity index is 1150. The van der Waals surface area contributed by atoms with Crippen molar-refractivity contribution in [3.8, 4) is 11.5 Å². The molecule has 1 fully saturated rings. The van der Waals surface area contributed by atoms with Gasteiger partial charge in [-0.2, -0.15) is 0 Å². The molecule has 0 bridgehead atoms. The number of hydrogen-bond donors (Lipinski definition) is 1. The molecule has 3 aromatic rings. The molecule has 2 atom stereocenters. The van der Waals surface area contributed by atoms with Gasteiger partial charge in [0.2, 0.25) is 0 Å². The molecule has 33 heavy (non-hydrogen) atoms. The molecule has 1 N–H and O–H groups in total. The van der Waals surface area contributed by atoms with Crippen molar-refractivity contribution in [3.63, 3.8) is 0 Å². The molecule has 0 unspecified atom stereocenters. The van der Waals surface area contributed by atoms with Crippen LogP contribution in [0.25, 0.3) is 11.0 Å². The van der Waals surface area contributed by atoms with E-state index in [2.05, 4.69) is 0 Å². The van der Waals surface area contributed by atoms with E-state index in [-0.39, 0.29) is 29.9 Å². The smallest absolute Gasteiger partial charge is 0.289 e. The van der Waals surface area contributed by atoms with Crippen molar-refractivity contribution < 1.29 is 28.2 Å². The first-order valence-electron chi connectivity index (χ1n) is 10.9. The molecule has 1 aliphatic rings. The summed E-state index contributed by atoms with van der Waals surface area (Å²) in [6.45, 7) is 4.56. The summed E-state index contributed by atoms with van der Waals surface area (Å²) in [6, 6.07) is 10.6. The zero-order valence-electron chi connectivity index (χ0n) is 18.8. The van der Waals surface area contributed by atoms with Crippen LogP contribution in [0.5, 0.6) is 11.5 Å². The van der Waals surface area contributed by atoms with Crippen LogP contribution in [0.3, 0.4) is 0 Å². The molecule has 0 saturated carbocycles.